The molecule has 18 heteroatoms. The summed E-state index contributed by atoms with van der Waals surface area (Å²) >= 11 is 6.66. The zero-order valence-corrected chi connectivity index (χ0v) is 41.3. The highest BCUT2D eigenvalue weighted by Gasteiger charge is 2.52. The van der Waals surface area contributed by atoms with Gasteiger partial charge in [-0.2, -0.15) is 0 Å². The molecule has 2 N–H and O–H groups in total. The molecule has 3 heterocycles. The Morgan fingerprint density at radius 2 is 0.952 bits per heavy atom. The molecule has 63 heavy (non-hydrogen) atoms. The maximum absolute atomic E-state index is 12.8. The van der Waals surface area contributed by atoms with Gasteiger partial charge in [0.25, 0.3) is 17.7 Å². The summed E-state index contributed by atoms with van der Waals surface area (Å²) in [5, 5.41) is 0. The van der Waals surface area contributed by atoms with Crippen LogP contribution in [0.25, 0.3) is 0 Å². The molecule has 3 aromatic carbocycles. The van der Waals surface area contributed by atoms with E-state index in [1.807, 2.05) is 58.0 Å². The Bertz CT molecular complexity index is 2110. The number of anilines is 1. The Balaban J connectivity index is 0.000000224. The molecule has 5 amide bonds. The first-order valence-corrected chi connectivity index (χ1v) is 22.3. The number of nitrogens with zero attached hydrogens (tertiary/aromatic N) is 5. The molecule has 0 bridgehead atoms. The molecular weight excluding hydrogens is 939 g/mol. The van der Waals surface area contributed by atoms with E-state index < -0.39 is 18.3 Å². The van der Waals surface area contributed by atoms with Gasteiger partial charge in [-0.1, -0.05) is 50.1 Å². The first-order chi connectivity index (χ1) is 29.5. The van der Waals surface area contributed by atoms with Crippen molar-refractivity contribution in [1.29, 1.82) is 0 Å². The standard InChI is InChI=1S/C21H31BN2O5.C15H19BrN2O3.C9H11BrN2O/c1-20(2)21(3,4)29-22(28-20)16-8-7-15(17(14-16)19(26)23(5)6)13-18(25)24-9-11-27-12-10-24;1-17(2)15(20)13-10-12(16)4-3-11(13)9-14(19)18-5-7-21-8-6-18;1-12(2)9(13)7-5-6(10)3-4-8(7)11/h7-8,14H,9-13H2,1-6H3;3-4,10H,5-9H2,1-2H3;3-5H,11H2,1-2H3. The first-order valence-electron chi connectivity index (χ1n) is 20.7. The highest BCUT2D eigenvalue weighted by molar-refractivity contribution is 9.10. The Hall–Kier alpha value is -4.33. The van der Waals surface area contributed by atoms with Gasteiger partial charge < -0.3 is 49.0 Å². The summed E-state index contributed by atoms with van der Waals surface area (Å²) < 4.78 is 24.5. The maximum Gasteiger partial charge on any atom is 0.494 e. The van der Waals surface area contributed by atoms with Crippen LogP contribution in [-0.2, 0) is 41.2 Å². The Kier molecular flexibility index (Phi) is 18.4. The number of rotatable bonds is 8. The fourth-order valence-corrected chi connectivity index (χ4v) is 7.31. The molecule has 15 nitrogen and oxygen atoms in total. The third-order valence-electron chi connectivity index (χ3n) is 11.1. The second-order valence-electron chi connectivity index (χ2n) is 17.0. The van der Waals surface area contributed by atoms with Crippen molar-refractivity contribution >= 4 is 79.7 Å². The number of benzene rings is 3. The van der Waals surface area contributed by atoms with Crippen LogP contribution in [0.4, 0.5) is 5.69 Å². The molecule has 0 aromatic heterocycles. The minimum Gasteiger partial charge on any atom is -0.399 e. The van der Waals surface area contributed by atoms with Gasteiger partial charge in [-0.3, -0.25) is 24.0 Å². The summed E-state index contributed by atoms with van der Waals surface area (Å²) in [4.78, 5) is 69.8. The molecule has 3 aromatic rings. The molecule has 342 valence electrons. The second-order valence-corrected chi connectivity index (χ2v) is 18.8. The fraction of sp³-hybridized carbons (Fsp3) is 0.489. The summed E-state index contributed by atoms with van der Waals surface area (Å²) in [6, 6.07) is 16.2. The molecule has 3 saturated heterocycles. The average Bonchev–Trinajstić information content (AvgIpc) is 3.47. The number of nitrogen functional groups attached to an aromatic ring is 1. The summed E-state index contributed by atoms with van der Waals surface area (Å²) in [6.45, 7) is 12.6. The zero-order valence-electron chi connectivity index (χ0n) is 38.1. The minimum atomic E-state index is -0.558. The molecule has 0 spiro atoms. The van der Waals surface area contributed by atoms with E-state index in [4.69, 9.17) is 24.5 Å². The molecule has 0 unspecified atom stereocenters. The summed E-state index contributed by atoms with van der Waals surface area (Å²) in [7, 11) is 9.66. The van der Waals surface area contributed by atoms with E-state index in [1.54, 1.807) is 76.4 Å². The largest absolute Gasteiger partial charge is 0.494 e. The first kappa shape index (κ1) is 51.3. The van der Waals surface area contributed by atoms with Crippen molar-refractivity contribution in [3.8, 4) is 0 Å². The molecule has 0 saturated carbocycles. The lowest BCUT2D eigenvalue weighted by molar-refractivity contribution is -0.135. The van der Waals surface area contributed by atoms with E-state index in [-0.39, 0.29) is 42.4 Å². The lowest BCUT2D eigenvalue weighted by Crippen LogP contribution is -2.42. The SMILES string of the molecule is CN(C)C(=O)c1cc(B2OC(C)(C)C(C)(C)O2)ccc1CC(=O)N1CCOCC1.CN(C)C(=O)c1cc(Br)ccc1CC(=O)N1CCOCC1.CN(C)C(=O)c1cc(Br)ccc1N. The molecular formula is C45H61BBr2N6O9. The quantitative estimate of drug-likeness (QED) is 0.253. The van der Waals surface area contributed by atoms with Crippen molar-refractivity contribution in [3.63, 3.8) is 0 Å². The van der Waals surface area contributed by atoms with E-state index in [0.29, 0.717) is 80.5 Å². The van der Waals surface area contributed by atoms with Crippen molar-refractivity contribution in [2.24, 2.45) is 0 Å². The van der Waals surface area contributed by atoms with Gasteiger partial charge in [-0.25, -0.2) is 0 Å². The Morgan fingerprint density at radius 3 is 1.38 bits per heavy atom. The van der Waals surface area contributed by atoms with Gasteiger partial charge in [-0.05, 0) is 80.7 Å². The van der Waals surface area contributed by atoms with E-state index in [0.717, 1.165) is 20.0 Å². The predicted octanol–water partition coefficient (Wildman–Crippen LogP) is 4.37. The lowest BCUT2D eigenvalue weighted by atomic mass is 9.77. The molecule has 0 radical (unpaired) electrons. The second kappa shape index (κ2) is 22.5. The zero-order chi connectivity index (χ0) is 46.8. The monoisotopic (exact) mass is 998 g/mol. The minimum absolute atomic E-state index is 0.00416. The summed E-state index contributed by atoms with van der Waals surface area (Å²) in [6.07, 6.45) is 0.417. The van der Waals surface area contributed by atoms with Gasteiger partial charge in [0.2, 0.25) is 11.8 Å². The van der Waals surface area contributed by atoms with Gasteiger partial charge in [0, 0.05) is 94.2 Å². The number of ether oxygens (including phenoxy) is 2. The number of hydrogen-bond donors (Lipinski definition) is 1. The number of hydrogen-bond acceptors (Lipinski definition) is 10. The van der Waals surface area contributed by atoms with Gasteiger partial charge in [0.15, 0.2) is 0 Å². The van der Waals surface area contributed by atoms with Crippen LogP contribution in [0.2, 0.25) is 0 Å². The van der Waals surface area contributed by atoms with E-state index in [1.165, 1.54) is 14.7 Å². The van der Waals surface area contributed by atoms with E-state index in [2.05, 4.69) is 31.9 Å². The topological polar surface area (TPSA) is 164 Å². The van der Waals surface area contributed by atoms with Crippen molar-refractivity contribution in [2.75, 3.05) is 101 Å². The number of nitrogens with two attached hydrogens (primary N) is 1. The third kappa shape index (κ3) is 13.8. The average molecular weight is 1000 g/mol. The molecule has 6 rings (SSSR count). The number of carbonyl (C=O) groups is 5. The number of morpholine rings is 2. The van der Waals surface area contributed by atoms with Crippen LogP contribution in [-0.4, -0.2) is 167 Å². The van der Waals surface area contributed by atoms with E-state index >= 15 is 0 Å². The van der Waals surface area contributed by atoms with Crippen molar-refractivity contribution in [3.05, 3.63) is 91.4 Å². The fourth-order valence-electron chi connectivity index (χ4n) is 6.59. The molecule has 3 fully saturated rings. The van der Waals surface area contributed by atoms with Gasteiger partial charge in [-0.15, -0.1) is 0 Å². The molecule has 0 atom stereocenters. The van der Waals surface area contributed by atoms with Crippen LogP contribution in [0.5, 0.6) is 0 Å². The van der Waals surface area contributed by atoms with E-state index in [9.17, 15) is 24.0 Å². The highest BCUT2D eigenvalue weighted by Crippen LogP contribution is 2.36. The van der Waals surface area contributed by atoms with Crippen LogP contribution in [0, 0.1) is 0 Å². The number of carbonyl (C=O) groups excluding carboxylic acids is 5. The third-order valence-corrected chi connectivity index (χ3v) is 12.1. The van der Waals surface area contributed by atoms with Crippen molar-refractivity contribution in [2.45, 2.75) is 51.7 Å². The van der Waals surface area contributed by atoms with Gasteiger partial charge in [0.1, 0.15) is 0 Å². The van der Waals surface area contributed by atoms with Crippen molar-refractivity contribution in [1.82, 2.24) is 24.5 Å². The van der Waals surface area contributed by atoms with Crippen LogP contribution in [0.1, 0.15) is 69.9 Å². The number of amides is 5. The Morgan fingerprint density at radius 1 is 0.587 bits per heavy atom. The smallest absolute Gasteiger partial charge is 0.399 e. The molecule has 3 aliphatic rings. The highest BCUT2D eigenvalue weighted by atomic mass is 79.9. The molecule has 3 aliphatic heterocycles. The van der Waals surface area contributed by atoms with Crippen LogP contribution >= 0.6 is 31.9 Å². The predicted molar refractivity (Wildman–Crippen MR) is 251 cm³/mol. The summed E-state index contributed by atoms with van der Waals surface area (Å²) in [5.41, 5.74) is 9.07. The Labute approximate surface area is 388 Å². The molecule has 0 aliphatic carbocycles. The summed E-state index contributed by atoms with van der Waals surface area (Å²) in [5.74, 6) is -0.286. The maximum atomic E-state index is 12.8. The van der Waals surface area contributed by atoms with Gasteiger partial charge >= 0.3 is 7.12 Å². The number of halogens is 2. The van der Waals surface area contributed by atoms with Crippen LogP contribution in [0.3, 0.4) is 0 Å². The van der Waals surface area contributed by atoms with Gasteiger partial charge in [0.05, 0.1) is 56.0 Å². The normalized spacial score (nSPS) is 16.5. The van der Waals surface area contributed by atoms with Crippen LogP contribution < -0.4 is 11.2 Å². The van der Waals surface area contributed by atoms with Crippen LogP contribution in [0.15, 0.2) is 63.5 Å². The van der Waals surface area contributed by atoms with Crippen molar-refractivity contribution < 1.29 is 42.8 Å². The lowest BCUT2D eigenvalue weighted by Gasteiger charge is -2.32.